The first-order valence-corrected chi connectivity index (χ1v) is 6.53. The average molecular weight is 289 g/mol. The minimum atomic E-state index is -0.486. The van der Waals surface area contributed by atoms with Gasteiger partial charge in [0, 0.05) is 5.92 Å². The maximum Gasteiger partial charge on any atom is 0.227 e. The number of anilines is 1. The fourth-order valence-corrected chi connectivity index (χ4v) is 1.96. The number of benzene rings is 2. The molecule has 0 aliphatic rings. The van der Waals surface area contributed by atoms with E-state index in [4.69, 9.17) is 0 Å². The number of nitrogens with one attached hydrogen (secondary N) is 1. The molecular formula is C16H16FNO3. The number of phenols is 2. The van der Waals surface area contributed by atoms with Crippen LogP contribution in [0.15, 0.2) is 42.5 Å². The van der Waals surface area contributed by atoms with Crippen LogP contribution in [0.3, 0.4) is 0 Å². The smallest absolute Gasteiger partial charge is 0.227 e. The average Bonchev–Trinajstić information content (AvgIpc) is 2.45. The molecule has 1 amide bonds. The highest BCUT2D eigenvalue weighted by Gasteiger charge is 2.16. The summed E-state index contributed by atoms with van der Waals surface area (Å²) in [6.07, 6.45) is 0.369. The molecule has 110 valence electrons. The maximum absolute atomic E-state index is 13.5. The molecule has 2 aromatic rings. The van der Waals surface area contributed by atoms with Crippen molar-refractivity contribution >= 4 is 11.6 Å². The number of aromatic hydroxyl groups is 2. The predicted octanol–water partition coefficient (Wildman–Crippen LogP) is 3.05. The van der Waals surface area contributed by atoms with E-state index in [0.29, 0.717) is 12.0 Å². The SMILES string of the molecule is CC(Cc1ccc(O)c(O)c1)C(=O)Nc1ccccc1F. The number of carbonyl (C=O) groups excluding carboxylic acids is 1. The molecule has 0 aliphatic carbocycles. The lowest BCUT2D eigenvalue weighted by Gasteiger charge is -2.13. The molecule has 0 fully saturated rings. The van der Waals surface area contributed by atoms with Gasteiger partial charge in [-0.25, -0.2) is 4.39 Å². The summed E-state index contributed by atoms with van der Waals surface area (Å²) < 4.78 is 13.5. The number of para-hydroxylation sites is 1. The van der Waals surface area contributed by atoms with Crippen LogP contribution in [0, 0.1) is 11.7 Å². The predicted molar refractivity (Wildman–Crippen MR) is 77.7 cm³/mol. The molecule has 4 nitrogen and oxygen atoms in total. The molecule has 0 aromatic heterocycles. The number of halogens is 1. The van der Waals surface area contributed by atoms with Gasteiger partial charge in [0.25, 0.3) is 0 Å². The maximum atomic E-state index is 13.5. The molecule has 2 rings (SSSR count). The van der Waals surface area contributed by atoms with Gasteiger partial charge < -0.3 is 15.5 Å². The fraction of sp³-hybridized carbons (Fsp3) is 0.188. The molecule has 2 aromatic carbocycles. The molecule has 0 heterocycles. The second kappa shape index (κ2) is 6.26. The zero-order chi connectivity index (χ0) is 15.4. The number of hydrogen-bond acceptors (Lipinski definition) is 3. The van der Waals surface area contributed by atoms with Gasteiger partial charge in [-0.1, -0.05) is 25.1 Å². The molecular weight excluding hydrogens is 273 g/mol. The summed E-state index contributed by atoms with van der Waals surface area (Å²) in [7, 11) is 0. The minimum Gasteiger partial charge on any atom is -0.504 e. The molecule has 0 saturated heterocycles. The van der Waals surface area contributed by atoms with Crippen molar-refractivity contribution in [1.82, 2.24) is 0 Å². The molecule has 1 atom stereocenters. The lowest BCUT2D eigenvalue weighted by atomic mass is 10.00. The van der Waals surface area contributed by atoms with E-state index in [2.05, 4.69) is 5.32 Å². The summed E-state index contributed by atoms with van der Waals surface area (Å²) in [5.74, 6) is -1.64. The van der Waals surface area contributed by atoms with Crippen molar-refractivity contribution in [3.63, 3.8) is 0 Å². The van der Waals surface area contributed by atoms with Crippen LogP contribution in [0.1, 0.15) is 12.5 Å². The number of amides is 1. The van der Waals surface area contributed by atoms with Crippen molar-refractivity contribution < 1.29 is 19.4 Å². The minimum absolute atomic E-state index is 0.142. The van der Waals surface area contributed by atoms with Crippen molar-refractivity contribution in [2.75, 3.05) is 5.32 Å². The third-order valence-electron chi connectivity index (χ3n) is 3.16. The Morgan fingerprint density at radius 3 is 2.57 bits per heavy atom. The molecule has 1 unspecified atom stereocenters. The molecule has 3 N–H and O–H groups in total. The highest BCUT2D eigenvalue weighted by atomic mass is 19.1. The number of hydrogen-bond donors (Lipinski definition) is 3. The van der Waals surface area contributed by atoms with Crippen LogP contribution in [0.2, 0.25) is 0 Å². The molecule has 0 bridgehead atoms. The quantitative estimate of drug-likeness (QED) is 0.758. The van der Waals surface area contributed by atoms with E-state index >= 15 is 0 Å². The summed E-state index contributed by atoms with van der Waals surface area (Å²) in [6, 6.07) is 10.4. The van der Waals surface area contributed by atoms with Crippen molar-refractivity contribution in [1.29, 1.82) is 0 Å². The Hall–Kier alpha value is -2.56. The fourth-order valence-electron chi connectivity index (χ4n) is 1.96. The Labute approximate surface area is 121 Å². The molecule has 5 heteroatoms. The van der Waals surface area contributed by atoms with Gasteiger partial charge in [0.05, 0.1) is 5.69 Å². The van der Waals surface area contributed by atoms with Crippen LogP contribution in [0.4, 0.5) is 10.1 Å². The van der Waals surface area contributed by atoms with E-state index in [-0.39, 0.29) is 23.1 Å². The first-order chi connectivity index (χ1) is 9.97. The van der Waals surface area contributed by atoms with Crippen LogP contribution >= 0.6 is 0 Å². The first-order valence-electron chi connectivity index (χ1n) is 6.53. The van der Waals surface area contributed by atoms with E-state index in [9.17, 15) is 19.4 Å². The van der Waals surface area contributed by atoms with Crippen LogP contribution < -0.4 is 5.32 Å². The van der Waals surface area contributed by atoms with Gasteiger partial charge >= 0.3 is 0 Å². The lowest BCUT2D eigenvalue weighted by Crippen LogP contribution is -2.22. The normalized spacial score (nSPS) is 11.9. The summed E-state index contributed by atoms with van der Waals surface area (Å²) in [6.45, 7) is 1.71. The highest BCUT2D eigenvalue weighted by Crippen LogP contribution is 2.26. The van der Waals surface area contributed by atoms with Crippen LogP contribution in [0.25, 0.3) is 0 Å². The highest BCUT2D eigenvalue weighted by molar-refractivity contribution is 5.92. The molecule has 0 aliphatic heterocycles. The Bertz CT molecular complexity index is 658. The topological polar surface area (TPSA) is 69.6 Å². The molecule has 0 spiro atoms. The lowest BCUT2D eigenvalue weighted by molar-refractivity contribution is -0.119. The van der Waals surface area contributed by atoms with Crippen LogP contribution in [-0.4, -0.2) is 16.1 Å². The zero-order valence-electron chi connectivity index (χ0n) is 11.5. The second-order valence-corrected chi connectivity index (χ2v) is 4.90. The third kappa shape index (κ3) is 3.72. The van der Waals surface area contributed by atoms with Crippen LogP contribution in [0.5, 0.6) is 11.5 Å². The summed E-state index contributed by atoms with van der Waals surface area (Å²) in [4.78, 5) is 12.0. The van der Waals surface area contributed by atoms with E-state index in [1.165, 1.54) is 24.3 Å². The van der Waals surface area contributed by atoms with Gasteiger partial charge in [0.2, 0.25) is 5.91 Å². The third-order valence-corrected chi connectivity index (χ3v) is 3.16. The number of rotatable bonds is 4. The Morgan fingerprint density at radius 2 is 1.90 bits per heavy atom. The largest absolute Gasteiger partial charge is 0.504 e. The van der Waals surface area contributed by atoms with Crippen molar-refractivity contribution in [2.45, 2.75) is 13.3 Å². The summed E-state index contributed by atoms with van der Waals surface area (Å²) in [5.41, 5.74) is 0.851. The van der Waals surface area contributed by atoms with Gasteiger partial charge in [0.15, 0.2) is 11.5 Å². The number of carbonyl (C=O) groups is 1. The van der Waals surface area contributed by atoms with Gasteiger partial charge in [0.1, 0.15) is 5.82 Å². The van der Waals surface area contributed by atoms with Gasteiger partial charge in [-0.05, 0) is 36.2 Å². The molecule has 0 saturated carbocycles. The van der Waals surface area contributed by atoms with Gasteiger partial charge in [-0.2, -0.15) is 0 Å². The molecule has 21 heavy (non-hydrogen) atoms. The zero-order valence-corrected chi connectivity index (χ0v) is 11.5. The number of phenolic OH excluding ortho intramolecular Hbond substituents is 2. The van der Waals surface area contributed by atoms with Crippen molar-refractivity contribution in [2.24, 2.45) is 5.92 Å². The van der Waals surface area contributed by atoms with E-state index in [1.54, 1.807) is 25.1 Å². The Morgan fingerprint density at radius 1 is 1.19 bits per heavy atom. The van der Waals surface area contributed by atoms with E-state index in [0.717, 1.165) is 0 Å². The van der Waals surface area contributed by atoms with Crippen molar-refractivity contribution in [3.8, 4) is 11.5 Å². The Balaban J connectivity index is 2.02. The Kier molecular flexibility index (Phi) is 4.42. The molecule has 0 radical (unpaired) electrons. The summed E-state index contributed by atoms with van der Waals surface area (Å²) >= 11 is 0. The van der Waals surface area contributed by atoms with Crippen molar-refractivity contribution in [3.05, 3.63) is 53.8 Å². The summed E-state index contributed by atoms with van der Waals surface area (Å²) in [5, 5.41) is 21.2. The van der Waals surface area contributed by atoms with E-state index < -0.39 is 11.7 Å². The first kappa shape index (κ1) is 14.8. The van der Waals surface area contributed by atoms with Gasteiger partial charge in [-0.15, -0.1) is 0 Å². The standard InChI is InChI=1S/C16H16FNO3/c1-10(8-11-6-7-14(19)15(20)9-11)16(21)18-13-5-3-2-4-12(13)17/h2-7,9-10,19-20H,8H2,1H3,(H,18,21). The van der Waals surface area contributed by atoms with Gasteiger partial charge in [-0.3, -0.25) is 4.79 Å². The van der Waals surface area contributed by atoms with E-state index in [1.807, 2.05) is 0 Å². The van der Waals surface area contributed by atoms with Crippen LogP contribution in [-0.2, 0) is 11.2 Å². The second-order valence-electron chi connectivity index (χ2n) is 4.90. The monoisotopic (exact) mass is 289 g/mol.